The Hall–Kier alpha value is -3.09. The minimum absolute atomic E-state index is 0.255. The van der Waals surface area contributed by atoms with Crippen molar-refractivity contribution in [3.8, 4) is 0 Å². The standard InChI is InChI=1S/C21H27N7/c1-14-5-4-8-28(13-14)20-7-3-6-18(27-20)21(24)16-9-19(26-12-17(16)23)15(10-22)11-25-2/h3,6-7,9-12,14-15,22,24H,4-5,8,13,23H2,1-2H3. The first-order valence-corrected chi connectivity index (χ1v) is 9.53. The summed E-state index contributed by atoms with van der Waals surface area (Å²) in [5.41, 5.74) is 8.57. The molecule has 1 fully saturated rings. The van der Waals surface area contributed by atoms with Crippen molar-refractivity contribution in [1.29, 1.82) is 10.8 Å². The van der Waals surface area contributed by atoms with Crippen LogP contribution in [0.1, 0.15) is 42.6 Å². The number of nitrogens with one attached hydrogen (secondary N) is 2. The first-order valence-electron chi connectivity index (χ1n) is 9.53. The van der Waals surface area contributed by atoms with Gasteiger partial charge in [-0.2, -0.15) is 0 Å². The molecule has 4 N–H and O–H groups in total. The van der Waals surface area contributed by atoms with Gasteiger partial charge in [0.25, 0.3) is 0 Å². The van der Waals surface area contributed by atoms with E-state index in [1.807, 2.05) is 18.2 Å². The number of pyridine rings is 2. The van der Waals surface area contributed by atoms with Gasteiger partial charge in [0.15, 0.2) is 0 Å². The van der Waals surface area contributed by atoms with Gasteiger partial charge < -0.3 is 16.0 Å². The third-order valence-corrected chi connectivity index (χ3v) is 5.03. The van der Waals surface area contributed by atoms with Crippen molar-refractivity contribution in [1.82, 2.24) is 9.97 Å². The first-order chi connectivity index (χ1) is 13.5. The lowest BCUT2D eigenvalue weighted by Gasteiger charge is -2.32. The number of nitrogens with two attached hydrogens (primary N) is 1. The zero-order chi connectivity index (χ0) is 20.1. The Morgan fingerprint density at radius 3 is 2.96 bits per heavy atom. The largest absolute Gasteiger partial charge is 0.397 e. The number of anilines is 2. The van der Waals surface area contributed by atoms with Crippen LogP contribution in [0.3, 0.4) is 0 Å². The number of aromatic nitrogens is 2. The maximum absolute atomic E-state index is 8.68. The van der Waals surface area contributed by atoms with E-state index in [0.29, 0.717) is 28.6 Å². The number of piperidine rings is 1. The van der Waals surface area contributed by atoms with Gasteiger partial charge in [-0.3, -0.25) is 15.4 Å². The van der Waals surface area contributed by atoms with Crippen LogP contribution in [0.15, 0.2) is 35.5 Å². The quantitative estimate of drug-likeness (QED) is 0.671. The van der Waals surface area contributed by atoms with Crippen LogP contribution in [0, 0.1) is 16.7 Å². The molecule has 0 spiro atoms. The van der Waals surface area contributed by atoms with Crippen LogP contribution in [0.2, 0.25) is 0 Å². The van der Waals surface area contributed by atoms with Crippen LogP contribution in [0.4, 0.5) is 11.5 Å². The molecule has 2 atom stereocenters. The zero-order valence-electron chi connectivity index (χ0n) is 16.4. The molecule has 2 aromatic heterocycles. The summed E-state index contributed by atoms with van der Waals surface area (Å²) in [7, 11) is 1.66. The molecule has 2 unspecified atom stereocenters. The highest BCUT2D eigenvalue weighted by molar-refractivity contribution is 6.13. The molecule has 0 radical (unpaired) electrons. The molecule has 1 saturated heterocycles. The van der Waals surface area contributed by atoms with Gasteiger partial charge in [0, 0.05) is 38.1 Å². The third-order valence-electron chi connectivity index (χ3n) is 5.03. The fraction of sp³-hybridized carbons (Fsp3) is 0.381. The van der Waals surface area contributed by atoms with Crippen LogP contribution < -0.4 is 10.6 Å². The van der Waals surface area contributed by atoms with E-state index < -0.39 is 0 Å². The van der Waals surface area contributed by atoms with Crippen molar-refractivity contribution < 1.29 is 0 Å². The molecule has 1 aliphatic rings. The van der Waals surface area contributed by atoms with Crippen LogP contribution in [0.25, 0.3) is 0 Å². The summed E-state index contributed by atoms with van der Waals surface area (Å²) < 4.78 is 0. The molecule has 0 saturated carbocycles. The Balaban J connectivity index is 1.92. The van der Waals surface area contributed by atoms with Crippen molar-refractivity contribution in [2.24, 2.45) is 10.9 Å². The molecule has 7 heteroatoms. The average molecular weight is 377 g/mol. The minimum atomic E-state index is -0.341. The Morgan fingerprint density at radius 2 is 2.25 bits per heavy atom. The Bertz CT molecular complexity index is 890. The molecule has 2 aromatic rings. The molecular formula is C21H27N7. The highest BCUT2D eigenvalue weighted by Crippen LogP contribution is 2.23. The average Bonchev–Trinajstić information content (AvgIpc) is 2.72. The summed E-state index contributed by atoms with van der Waals surface area (Å²) in [6.45, 7) is 4.24. The smallest absolute Gasteiger partial charge is 0.129 e. The Kier molecular flexibility index (Phi) is 6.13. The summed E-state index contributed by atoms with van der Waals surface area (Å²) in [6, 6.07) is 7.53. The van der Waals surface area contributed by atoms with Crippen LogP contribution >= 0.6 is 0 Å². The maximum atomic E-state index is 8.68. The van der Waals surface area contributed by atoms with E-state index in [9.17, 15) is 0 Å². The number of nitrogens with zero attached hydrogens (tertiary/aromatic N) is 4. The van der Waals surface area contributed by atoms with Gasteiger partial charge in [-0.1, -0.05) is 13.0 Å². The summed E-state index contributed by atoms with van der Waals surface area (Å²) >= 11 is 0. The van der Waals surface area contributed by atoms with Gasteiger partial charge in [-0.25, -0.2) is 4.98 Å². The van der Waals surface area contributed by atoms with Crippen LogP contribution in [0.5, 0.6) is 0 Å². The third kappa shape index (κ3) is 4.24. The van der Waals surface area contributed by atoms with Gasteiger partial charge in [0.05, 0.1) is 34.9 Å². The van der Waals surface area contributed by atoms with E-state index in [4.69, 9.17) is 21.5 Å². The summed E-state index contributed by atoms with van der Waals surface area (Å²) in [4.78, 5) is 15.3. The summed E-state index contributed by atoms with van der Waals surface area (Å²) in [5, 5.41) is 16.3. The highest BCUT2D eigenvalue weighted by atomic mass is 15.2. The predicted octanol–water partition coefficient (Wildman–Crippen LogP) is 3.15. The van der Waals surface area contributed by atoms with E-state index in [-0.39, 0.29) is 11.6 Å². The number of nitrogen functional groups attached to an aromatic ring is 1. The second-order valence-corrected chi connectivity index (χ2v) is 7.25. The molecule has 3 rings (SSSR count). The van der Waals surface area contributed by atoms with E-state index in [1.165, 1.54) is 18.8 Å². The van der Waals surface area contributed by atoms with Crippen molar-refractivity contribution in [2.75, 3.05) is 30.8 Å². The van der Waals surface area contributed by atoms with Gasteiger partial charge in [0.2, 0.25) is 0 Å². The molecule has 0 amide bonds. The van der Waals surface area contributed by atoms with Gasteiger partial charge in [-0.15, -0.1) is 0 Å². The molecular weight excluding hydrogens is 350 g/mol. The number of aliphatic imine (C=N–C) groups is 1. The van der Waals surface area contributed by atoms with Crippen molar-refractivity contribution in [2.45, 2.75) is 25.7 Å². The van der Waals surface area contributed by atoms with Crippen molar-refractivity contribution in [3.63, 3.8) is 0 Å². The monoisotopic (exact) mass is 377 g/mol. The second-order valence-electron chi connectivity index (χ2n) is 7.25. The van der Waals surface area contributed by atoms with E-state index >= 15 is 0 Å². The molecule has 0 aliphatic carbocycles. The molecule has 1 aliphatic heterocycles. The fourth-order valence-electron chi connectivity index (χ4n) is 3.52. The van der Waals surface area contributed by atoms with Gasteiger partial charge >= 0.3 is 0 Å². The van der Waals surface area contributed by atoms with Crippen LogP contribution in [-0.4, -0.2) is 48.2 Å². The highest BCUT2D eigenvalue weighted by Gasteiger charge is 2.19. The lowest BCUT2D eigenvalue weighted by atomic mass is 10.00. The van der Waals surface area contributed by atoms with Crippen LogP contribution in [-0.2, 0) is 0 Å². The molecule has 146 valence electrons. The number of rotatable bonds is 6. The van der Waals surface area contributed by atoms with Gasteiger partial charge in [0.1, 0.15) is 5.82 Å². The zero-order valence-corrected chi connectivity index (χ0v) is 16.4. The lowest BCUT2D eigenvalue weighted by molar-refractivity contribution is 0.444. The second kappa shape index (κ2) is 8.73. The molecule has 0 bridgehead atoms. The molecule has 3 heterocycles. The Morgan fingerprint density at radius 1 is 1.43 bits per heavy atom. The summed E-state index contributed by atoms with van der Waals surface area (Å²) in [5.74, 6) is 1.21. The van der Waals surface area contributed by atoms with E-state index in [0.717, 1.165) is 25.3 Å². The maximum Gasteiger partial charge on any atom is 0.129 e. The van der Waals surface area contributed by atoms with Crippen molar-refractivity contribution >= 4 is 29.6 Å². The van der Waals surface area contributed by atoms with Crippen molar-refractivity contribution in [3.05, 3.63) is 47.4 Å². The first kappa shape index (κ1) is 19.7. The lowest BCUT2D eigenvalue weighted by Crippen LogP contribution is -2.35. The molecule has 0 aromatic carbocycles. The van der Waals surface area contributed by atoms with E-state index in [2.05, 4.69) is 21.8 Å². The number of hydrogen-bond acceptors (Lipinski definition) is 7. The predicted molar refractivity (Wildman–Crippen MR) is 115 cm³/mol. The number of hydrogen-bond donors (Lipinski definition) is 3. The fourth-order valence-corrected chi connectivity index (χ4v) is 3.52. The summed E-state index contributed by atoms with van der Waals surface area (Å²) in [6.07, 6.45) is 6.87. The SMILES string of the molecule is CN=CC(C=N)c1cc(C(=N)c2cccc(N3CCCC(C)C3)n2)c(N)cn1. The van der Waals surface area contributed by atoms with Gasteiger partial charge in [-0.05, 0) is 37.0 Å². The minimum Gasteiger partial charge on any atom is -0.397 e. The molecule has 7 nitrogen and oxygen atoms in total. The topological polar surface area (TPSA) is 115 Å². The Labute approximate surface area is 165 Å². The molecule has 28 heavy (non-hydrogen) atoms. The van der Waals surface area contributed by atoms with E-state index in [1.54, 1.807) is 19.3 Å². The normalized spacial score (nSPS) is 18.2.